The number of ether oxygens (including phenoxy) is 1. The lowest BCUT2D eigenvalue weighted by Crippen LogP contribution is -2.35. The van der Waals surface area contributed by atoms with E-state index in [-0.39, 0.29) is 5.91 Å². The molecule has 0 bridgehead atoms. The molecule has 0 unspecified atom stereocenters. The molecule has 4 heterocycles. The van der Waals surface area contributed by atoms with E-state index in [1.807, 2.05) is 6.07 Å². The summed E-state index contributed by atoms with van der Waals surface area (Å²) in [6.07, 6.45) is 3.98. The third-order valence-corrected chi connectivity index (χ3v) is 4.73. The van der Waals surface area contributed by atoms with Crippen LogP contribution in [0.5, 0.6) is 0 Å². The van der Waals surface area contributed by atoms with Gasteiger partial charge in [-0.05, 0) is 25.0 Å². The molecule has 7 heteroatoms. The number of oxazole rings is 1. The van der Waals surface area contributed by atoms with E-state index in [0.29, 0.717) is 36.7 Å². The lowest BCUT2D eigenvalue weighted by molar-refractivity contribution is 0.0725. The van der Waals surface area contributed by atoms with Crippen LogP contribution in [0.3, 0.4) is 0 Å². The van der Waals surface area contributed by atoms with Gasteiger partial charge in [-0.1, -0.05) is 0 Å². The molecular formula is C18H18N4O3. The van der Waals surface area contributed by atoms with Gasteiger partial charge in [0.2, 0.25) is 0 Å². The Morgan fingerprint density at radius 3 is 2.88 bits per heavy atom. The van der Waals surface area contributed by atoms with Crippen LogP contribution in [-0.4, -0.2) is 40.5 Å². The minimum atomic E-state index is -0.0988. The molecule has 0 saturated carbocycles. The largest absolute Gasteiger partial charge is 0.445 e. The van der Waals surface area contributed by atoms with Crippen molar-refractivity contribution in [2.24, 2.45) is 0 Å². The number of carbonyl (C=O) groups excluding carboxylic acids is 1. The van der Waals surface area contributed by atoms with Crippen LogP contribution in [0.25, 0.3) is 0 Å². The number of hydrogen-bond donors (Lipinski definition) is 0. The van der Waals surface area contributed by atoms with Crippen LogP contribution < -0.4 is 0 Å². The molecule has 128 valence electrons. The number of hydrogen-bond acceptors (Lipinski definition) is 6. The van der Waals surface area contributed by atoms with E-state index in [9.17, 15) is 4.79 Å². The van der Waals surface area contributed by atoms with E-state index in [0.717, 1.165) is 43.4 Å². The zero-order chi connectivity index (χ0) is 17.2. The van der Waals surface area contributed by atoms with Gasteiger partial charge in [0.15, 0.2) is 5.89 Å². The van der Waals surface area contributed by atoms with E-state index in [2.05, 4.69) is 9.97 Å². The van der Waals surface area contributed by atoms with Gasteiger partial charge in [0.1, 0.15) is 23.2 Å². The summed E-state index contributed by atoms with van der Waals surface area (Å²) in [6, 6.07) is 5.15. The summed E-state index contributed by atoms with van der Waals surface area (Å²) in [5, 5.41) is 8.80. The highest BCUT2D eigenvalue weighted by atomic mass is 16.5. The number of rotatable bonds is 2. The maximum atomic E-state index is 12.6. The Morgan fingerprint density at radius 1 is 1.32 bits per heavy atom. The summed E-state index contributed by atoms with van der Waals surface area (Å²) in [5.74, 6) is 1.88. The molecular weight excluding hydrogens is 320 g/mol. The van der Waals surface area contributed by atoms with Crippen LogP contribution in [0.15, 0.2) is 22.7 Å². The van der Waals surface area contributed by atoms with Gasteiger partial charge in [-0.15, -0.1) is 0 Å². The van der Waals surface area contributed by atoms with Crippen LogP contribution in [0, 0.1) is 11.3 Å². The van der Waals surface area contributed by atoms with E-state index in [4.69, 9.17) is 14.4 Å². The quantitative estimate of drug-likeness (QED) is 0.832. The highest BCUT2D eigenvalue weighted by molar-refractivity contribution is 5.94. The number of amides is 1. The monoisotopic (exact) mass is 338 g/mol. The lowest BCUT2D eigenvalue weighted by Gasteiger charge is -2.25. The van der Waals surface area contributed by atoms with Gasteiger partial charge < -0.3 is 14.1 Å². The normalized spacial score (nSPS) is 17.8. The molecule has 7 nitrogen and oxygen atoms in total. The second kappa shape index (κ2) is 6.65. The molecule has 4 rings (SSSR count). The molecule has 1 saturated heterocycles. The molecule has 1 amide bonds. The lowest BCUT2D eigenvalue weighted by atomic mass is 10.0. The molecule has 0 radical (unpaired) electrons. The molecule has 2 aliphatic rings. The third kappa shape index (κ3) is 3.13. The van der Waals surface area contributed by atoms with Crippen LogP contribution in [0.1, 0.15) is 52.2 Å². The number of pyridine rings is 1. The van der Waals surface area contributed by atoms with Gasteiger partial charge in [0.05, 0.1) is 12.1 Å². The van der Waals surface area contributed by atoms with Crippen molar-refractivity contribution in [3.8, 4) is 6.07 Å². The van der Waals surface area contributed by atoms with E-state index in [1.165, 1.54) is 6.20 Å². The third-order valence-electron chi connectivity index (χ3n) is 4.73. The van der Waals surface area contributed by atoms with Crippen LogP contribution in [-0.2, 0) is 17.7 Å². The van der Waals surface area contributed by atoms with Crippen molar-refractivity contribution in [1.29, 1.82) is 5.26 Å². The van der Waals surface area contributed by atoms with Crippen LogP contribution >= 0.6 is 0 Å². The first-order valence-electron chi connectivity index (χ1n) is 8.46. The standard InChI is InChI=1S/C18H18N4O3/c19-9-14-2-1-13(10-20-14)18(23)22-6-3-16-15(11-22)21-17(25-16)12-4-7-24-8-5-12/h1-2,10,12H,3-8,11H2. The number of aromatic nitrogens is 2. The molecule has 0 aliphatic carbocycles. The summed E-state index contributed by atoms with van der Waals surface area (Å²) in [4.78, 5) is 23.0. The molecule has 2 aliphatic heterocycles. The van der Waals surface area contributed by atoms with Gasteiger partial charge in [0.25, 0.3) is 5.91 Å². The Hall–Kier alpha value is -2.72. The summed E-state index contributed by atoms with van der Waals surface area (Å²) in [6.45, 7) is 2.52. The Morgan fingerprint density at radius 2 is 2.16 bits per heavy atom. The summed E-state index contributed by atoms with van der Waals surface area (Å²) < 4.78 is 11.3. The van der Waals surface area contributed by atoms with Crippen molar-refractivity contribution in [2.75, 3.05) is 19.8 Å². The molecule has 2 aromatic heterocycles. The van der Waals surface area contributed by atoms with Crippen LogP contribution in [0.4, 0.5) is 0 Å². The number of fused-ring (bicyclic) bond motifs is 1. The average Bonchev–Trinajstić information content (AvgIpc) is 3.11. The highest BCUT2D eigenvalue weighted by Gasteiger charge is 2.29. The second-order valence-corrected chi connectivity index (χ2v) is 6.33. The predicted molar refractivity (Wildman–Crippen MR) is 86.7 cm³/mol. The van der Waals surface area contributed by atoms with E-state index >= 15 is 0 Å². The molecule has 0 aromatic carbocycles. The van der Waals surface area contributed by atoms with Crippen molar-refractivity contribution in [1.82, 2.24) is 14.9 Å². The fraction of sp³-hybridized carbons (Fsp3) is 0.444. The van der Waals surface area contributed by atoms with Crippen molar-refractivity contribution < 1.29 is 13.9 Å². The number of carbonyl (C=O) groups is 1. The predicted octanol–water partition coefficient (Wildman–Crippen LogP) is 2.03. The van der Waals surface area contributed by atoms with Crippen molar-refractivity contribution in [3.05, 3.63) is 46.9 Å². The molecule has 25 heavy (non-hydrogen) atoms. The zero-order valence-electron chi connectivity index (χ0n) is 13.8. The molecule has 0 spiro atoms. The number of nitrogens with zero attached hydrogens (tertiary/aromatic N) is 4. The van der Waals surface area contributed by atoms with Crippen molar-refractivity contribution in [3.63, 3.8) is 0 Å². The first-order chi connectivity index (χ1) is 12.2. The maximum absolute atomic E-state index is 12.6. The number of nitriles is 1. The first-order valence-corrected chi connectivity index (χ1v) is 8.46. The molecule has 0 N–H and O–H groups in total. The Balaban J connectivity index is 1.49. The Labute approximate surface area is 145 Å². The van der Waals surface area contributed by atoms with Gasteiger partial charge in [-0.3, -0.25) is 4.79 Å². The highest BCUT2D eigenvalue weighted by Crippen LogP contribution is 2.30. The Bertz CT molecular complexity index is 816. The smallest absolute Gasteiger partial charge is 0.255 e. The van der Waals surface area contributed by atoms with Gasteiger partial charge in [-0.2, -0.15) is 5.26 Å². The average molecular weight is 338 g/mol. The summed E-state index contributed by atoms with van der Waals surface area (Å²) in [7, 11) is 0. The van der Waals surface area contributed by atoms with Crippen molar-refractivity contribution >= 4 is 5.91 Å². The van der Waals surface area contributed by atoms with Gasteiger partial charge in [-0.25, -0.2) is 9.97 Å². The van der Waals surface area contributed by atoms with Gasteiger partial charge >= 0.3 is 0 Å². The fourth-order valence-electron chi connectivity index (χ4n) is 3.28. The van der Waals surface area contributed by atoms with Crippen LogP contribution in [0.2, 0.25) is 0 Å². The molecule has 2 aromatic rings. The van der Waals surface area contributed by atoms with E-state index in [1.54, 1.807) is 17.0 Å². The maximum Gasteiger partial charge on any atom is 0.255 e. The first kappa shape index (κ1) is 15.8. The summed E-state index contributed by atoms with van der Waals surface area (Å²) >= 11 is 0. The summed E-state index contributed by atoms with van der Waals surface area (Å²) in [5.41, 5.74) is 1.63. The minimum Gasteiger partial charge on any atom is -0.445 e. The minimum absolute atomic E-state index is 0.0988. The topological polar surface area (TPSA) is 92.2 Å². The van der Waals surface area contributed by atoms with Crippen molar-refractivity contribution in [2.45, 2.75) is 31.7 Å². The molecule has 0 atom stereocenters. The van der Waals surface area contributed by atoms with Gasteiger partial charge in [0, 0.05) is 38.3 Å². The zero-order valence-corrected chi connectivity index (χ0v) is 13.8. The second-order valence-electron chi connectivity index (χ2n) is 6.33. The molecule has 1 fully saturated rings. The fourth-order valence-corrected chi connectivity index (χ4v) is 3.28. The SMILES string of the molecule is N#Cc1ccc(C(=O)N2CCc3oc(C4CCOCC4)nc3C2)cn1. The van der Waals surface area contributed by atoms with E-state index < -0.39 is 0 Å². The Kier molecular flexibility index (Phi) is 4.20.